The summed E-state index contributed by atoms with van der Waals surface area (Å²) in [5.74, 6) is 0.154. The fourth-order valence-corrected chi connectivity index (χ4v) is 1.50. The summed E-state index contributed by atoms with van der Waals surface area (Å²) in [6, 6.07) is 15.7. The smallest absolute Gasteiger partial charge is 0.212 e. The monoisotopic (exact) mass is 374 g/mol. The summed E-state index contributed by atoms with van der Waals surface area (Å²) in [6.45, 7) is 0. The zero-order valence-corrected chi connectivity index (χ0v) is 14.9. The number of aliphatic hydroxyl groups excluding tert-OH is 1. The standard InChI is InChI=1S/C8H8ClNO.C7H4ClN.CH4O.ClH/c1-11-8(10)6-2-4-7(9)5-3-6;8-7-3-1-6(5-9)2-4-7;1-2;/h2-5,10H,1H3;1-4H;2H,1H3;1H. The van der Waals surface area contributed by atoms with Crippen molar-refractivity contribution in [2.24, 2.45) is 0 Å². The van der Waals surface area contributed by atoms with Crippen molar-refractivity contribution in [3.63, 3.8) is 0 Å². The van der Waals surface area contributed by atoms with Gasteiger partial charge in [0.15, 0.2) is 0 Å². The van der Waals surface area contributed by atoms with Crippen LogP contribution in [0.4, 0.5) is 0 Å². The fourth-order valence-electron chi connectivity index (χ4n) is 1.24. The van der Waals surface area contributed by atoms with Crippen LogP contribution in [0.15, 0.2) is 48.5 Å². The van der Waals surface area contributed by atoms with E-state index in [4.69, 9.17) is 43.7 Å². The second-order valence-electron chi connectivity index (χ2n) is 3.66. The molecule has 0 aliphatic carbocycles. The van der Waals surface area contributed by atoms with Gasteiger partial charge < -0.3 is 9.84 Å². The van der Waals surface area contributed by atoms with E-state index in [1.807, 2.05) is 6.07 Å². The van der Waals surface area contributed by atoms with Gasteiger partial charge in [-0.15, -0.1) is 12.4 Å². The molecule has 0 atom stereocenters. The molecule has 2 N–H and O–H groups in total. The minimum atomic E-state index is 0. The second-order valence-corrected chi connectivity index (χ2v) is 4.53. The zero-order valence-electron chi connectivity index (χ0n) is 12.6. The van der Waals surface area contributed by atoms with E-state index in [1.54, 1.807) is 48.5 Å². The highest BCUT2D eigenvalue weighted by atomic mass is 35.5. The summed E-state index contributed by atoms with van der Waals surface area (Å²) in [7, 11) is 2.47. The quantitative estimate of drug-likeness (QED) is 0.567. The molecule has 0 unspecified atom stereocenters. The van der Waals surface area contributed by atoms with Crippen LogP contribution in [0.25, 0.3) is 0 Å². The van der Waals surface area contributed by atoms with Crippen LogP contribution >= 0.6 is 35.6 Å². The zero-order chi connectivity index (χ0) is 17.0. The van der Waals surface area contributed by atoms with E-state index in [0.717, 1.165) is 12.7 Å². The lowest BCUT2D eigenvalue weighted by atomic mass is 10.2. The largest absolute Gasteiger partial charge is 0.481 e. The molecule has 7 heteroatoms. The van der Waals surface area contributed by atoms with Crippen molar-refractivity contribution in [1.29, 1.82) is 10.7 Å². The Morgan fingerprint density at radius 2 is 1.39 bits per heavy atom. The van der Waals surface area contributed by atoms with Crippen LogP contribution in [0.5, 0.6) is 0 Å². The second kappa shape index (κ2) is 13.9. The minimum absolute atomic E-state index is 0. The number of halogens is 3. The average molecular weight is 376 g/mol. The Labute approximate surface area is 152 Å². The molecular formula is C16H17Cl3N2O2. The number of nitrogens with one attached hydrogen (secondary N) is 1. The minimum Gasteiger partial charge on any atom is -0.481 e. The molecule has 0 saturated carbocycles. The van der Waals surface area contributed by atoms with Crippen LogP contribution in [-0.2, 0) is 4.74 Å². The lowest BCUT2D eigenvalue weighted by molar-refractivity contribution is 0.399. The molecule has 124 valence electrons. The lowest BCUT2D eigenvalue weighted by Gasteiger charge is -2.00. The number of methoxy groups -OCH3 is 1. The average Bonchev–Trinajstić information content (AvgIpc) is 2.58. The van der Waals surface area contributed by atoms with Gasteiger partial charge in [0.2, 0.25) is 5.90 Å². The van der Waals surface area contributed by atoms with Crippen LogP contribution in [0.3, 0.4) is 0 Å². The van der Waals surface area contributed by atoms with E-state index in [0.29, 0.717) is 15.6 Å². The van der Waals surface area contributed by atoms with Crippen LogP contribution in [0.2, 0.25) is 10.0 Å². The predicted octanol–water partition coefficient (Wildman–Crippen LogP) is 4.55. The summed E-state index contributed by atoms with van der Waals surface area (Å²) in [5, 5.41) is 23.9. The van der Waals surface area contributed by atoms with Crippen molar-refractivity contribution >= 4 is 41.5 Å². The number of aliphatic hydroxyl groups is 1. The Kier molecular flexibility index (Phi) is 14.2. The first-order chi connectivity index (χ1) is 10.6. The lowest BCUT2D eigenvalue weighted by Crippen LogP contribution is -1.99. The van der Waals surface area contributed by atoms with Gasteiger partial charge in [-0.2, -0.15) is 5.26 Å². The van der Waals surface area contributed by atoms with Gasteiger partial charge in [-0.3, -0.25) is 5.41 Å². The third-order valence-electron chi connectivity index (χ3n) is 2.28. The van der Waals surface area contributed by atoms with Gasteiger partial charge in [0, 0.05) is 22.7 Å². The Morgan fingerprint density at radius 1 is 1.00 bits per heavy atom. The summed E-state index contributed by atoms with van der Waals surface area (Å²) in [6.07, 6.45) is 0. The molecule has 2 aromatic carbocycles. The SMILES string of the molecule is CO.COC(=N)c1ccc(Cl)cc1.Cl.N#Cc1ccc(Cl)cc1. The number of ether oxygens (including phenoxy) is 1. The molecule has 2 rings (SSSR count). The molecule has 4 nitrogen and oxygen atoms in total. The number of rotatable bonds is 1. The summed E-state index contributed by atoms with van der Waals surface area (Å²) in [4.78, 5) is 0. The number of hydrogen-bond acceptors (Lipinski definition) is 4. The normalized spacial score (nSPS) is 8.00. The first-order valence-corrected chi connectivity index (χ1v) is 6.81. The highest BCUT2D eigenvalue weighted by Crippen LogP contribution is 2.09. The maximum Gasteiger partial charge on any atom is 0.212 e. The first kappa shape index (κ1) is 23.5. The van der Waals surface area contributed by atoms with Gasteiger partial charge in [-0.05, 0) is 48.5 Å². The number of nitrogens with zero attached hydrogens (tertiary/aromatic N) is 1. The van der Waals surface area contributed by atoms with Gasteiger partial charge in [0.05, 0.1) is 18.7 Å². The molecule has 0 aliphatic rings. The molecule has 0 aromatic heterocycles. The van der Waals surface area contributed by atoms with Gasteiger partial charge in [0.25, 0.3) is 0 Å². The highest BCUT2D eigenvalue weighted by molar-refractivity contribution is 6.30. The highest BCUT2D eigenvalue weighted by Gasteiger charge is 1.98. The molecule has 0 saturated heterocycles. The van der Waals surface area contributed by atoms with Crippen molar-refractivity contribution in [1.82, 2.24) is 0 Å². The van der Waals surface area contributed by atoms with Crippen molar-refractivity contribution in [2.45, 2.75) is 0 Å². The van der Waals surface area contributed by atoms with Crippen molar-refractivity contribution in [3.8, 4) is 6.07 Å². The molecule has 0 radical (unpaired) electrons. The topological polar surface area (TPSA) is 77.1 Å². The maximum atomic E-state index is 8.34. The van der Waals surface area contributed by atoms with E-state index < -0.39 is 0 Å². The predicted molar refractivity (Wildman–Crippen MR) is 96.8 cm³/mol. The van der Waals surface area contributed by atoms with Crippen molar-refractivity contribution < 1.29 is 9.84 Å². The van der Waals surface area contributed by atoms with Gasteiger partial charge in [0.1, 0.15) is 0 Å². The summed E-state index contributed by atoms with van der Waals surface area (Å²) >= 11 is 11.2. The van der Waals surface area contributed by atoms with Gasteiger partial charge >= 0.3 is 0 Å². The number of benzene rings is 2. The third kappa shape index (κ3) is 9.77. The summed E-state index contributed by atoms with van der Waals surface area (Å²) < 4.78 is 4.72. The molecule has 0 spiro atoms. The number of nitriles is 1. The molecule has 0 aliphatic heterocycles. The molecule has 0 fully saturated rings. The molecular weight excluding hydrogens is 359 g/mol. The summed E-state index contributed by atoms with van der Waals surface area (Å²) in [5.41, 5.74) is 1.37. The van der Waals surface area contributed by atoms with Crippen molar-refractivity contribution in [3.05, 3.63) is 69.7 Å². The van der Waals surface area contributed by atoms with Crippen LogP contribution in [-0.4, -0.2) is 25.2 Å². The molecule has 2 aromatic rings. The Hall–Kier alpha value is -1.77. The van der Waals surface area contributed by atoms with Crippen LogP contribution in [0.1, 0.15) is 11.1 Å². The number of hydrogen-bond donors (Lipinski definition) is 2. The van der Waals surface area contributed by atoms with E-state index in [2.05, 4.69) is 0 Å². The van der Waals surface area contributed by atoms with Crippen LogP contribution < -0.4 is 0 Å². The molecule has 23 heavy (non-hydrogen) atoms. The Morgan fingerprint density at radius 3 is 1.74 bits per heavy atom. The molecule has 0 heterocycles. The molecule has 0 amide bonds. The fraction of sp³-hybridized carbons (Fsp3) is 0.125. The van der Waals surface area contributed by atoms with E-state index in [-0.39, 0.29) is 18.3 Å². The van der Waals surface area contributed by atoms with E-state index in [1.165, 1.54) is 7.11 Å². The maximum absolute atomic E-state index is 8.34. The third-order valence-corrected chi connectivity index (χ3v) is 2.79. The Bertz CT molecular complexity index is 609. The molecule has 0 bridgehead atoms. The van der Waals surface area contributed by atoms with Crippen molar-refractivity contribution in [2.75, 3.05) is 14.2 Å². The van der Waals surface area contributed by atoms with Gasteiger partial charge in [-0.1, -0.05) is 23.2 Å². The van der Waals surface area contributed by atoms with Crippen LogP contribution in [0, 0.1) is 16.7 Å². The van der Waals surface area contributed by atoms with Gasteiger partial charge in [-0.25, -0.2) is 0 Å². The van der Waals surface area contributed by atoms with E-state index in [9.17, 15) is 0 Å². The Balaban J connectivity index is 0. The first-order valence-electron chi connectivity index (χ1n) is 6.05. The van der Waals surface area contributed by atoms with E-state index >= 15 is 0 Å².